The highest BCUT2D eigenvalue weighted by atomic mass is 32.2. The van der Waals surface area contributed by atoms with Gasteiger partial charge in [0.2, 0.25) is 10.0 Å². The van der Waals surface area contributed by atoms with Gasteiger partial charge in [0, 0.05) is 11.7 Å². The zero-order valence-corrected chi connectivity index (χ0v) is 15.0. The number of benzene rings is 2. The van der Waals surface area contributed by atoms with Gasteiger partial charge >= 0.3 is 0 Å². The van der Waals surface area contributed by atoms with Gasteiger partial charge in [0.05, 0.1) is 16.8 Å². The van der Waals surface area contributed by atoms with E-state index >= 15 is 0 Å². The Morgan fingerprint density at radius 1 is 0.960 bits per heavy atom. The van der Waals surface area contributed by atoms with E-state index < -0.39 is 25.9 Å². The molecule has 0 spiro atoms. The summed E-state index contributed by atoms with van der Waals surface area (Å²) in [5.41, 5.74) is 0.784. The summed E-state index contributed by atoms with van der Waals surface area (Å²) in [6, 6.07) is 10.6. The maximum atomic E-state index is 13.1. The summed E-state index contributed by atoms with van der Waals surface area (Å²) in [4.78, 5) is 0.0131. The Labute approximate surface area is 146 Å². The molecule has 0 atom stereocenters. The zero-order chi connectivity index (χ0) is 18.2. The minimum Gasteiger partial charge on any atom is -0.284 e. The first-order valence-corrected chi connectivity index (χ1v) is 10.9. The van der Waals surface area contributed by atoms with Crippen LogP contribution in [0.15, 0.2) is 53.4 Å². The van der Waals surface area contributed by atoms with E-state index in [9.17, 15) is 21.2 Å². The first-order chi connectivity index (χ1) is 11.7. The second kappa shape index (κ2) is 6.30. The Hall–Kier alpha value is -2.13. The second-order valence-corrected chi connectivity index (χ2v) is 9.47. The van der Waals surface area contributed by atoms with E-state index in [-0.39, 0.29) is 10.9 Å². The Morgan fingerprint density at radius 2 is 1.52 bits per heavy atom. The molecule has 0 saturated heterocycles. The molecule has 0 unspecified atom stereocenters. The summed E-state index contributed by atoms with van der Waals surface area (Å²) in [5, 5.41) is 0. The Balaban J connectivity index is 1.95. The van der Waals surface area contributed by atoms with E-state index in [4.69, 9.17) is 0 Å². The fourth-order valence-corrected chi connectivity index (χ4v) is 4.74. The Morgan fingerprint density at radius 3 is 2.00 bits per heavy atom. The minimum atomic E-state index is -3.83. The van der Waals surface area contributed by atoms with Crippen LogP contribution >= 0.6 is 0 Å². The number of hydrogen-bond acceptors (Lipinski definition) is 4. The normalized spacial score (nSPS) is 15.0. The predicted octanol–water partition coefficient (Wildman–Crippen LogP) is 2.55. The molecule has 0 amide bonds. The van der Waals surface area contributed by atoms with Crippen molar-refractivity contribution in [2.24, 2.45) is 0 Å². The number of nitrogens with one attached hydrogen (secondary N) is 1. The van der Waals surface area contributed by atoms with Crippen molar-refractivity contribution in [3.05, 3.63) is 54.3 Å². The molecule has 1 aliphatic rings. The van der Waals surface area contributed by atoms with Gasteiger partial charge in [-0.2, -0.15) is 0 Å². The van der Waals surface area contributed by atoms with E-state index in [1.165, 1.54) is 28.6 Å². The molecule has 134 valence electrons. The molecular weight excluding hydrogens is 367 g/mol. The quantitative estimate of drug-likeness (QED) is 0.830. The van der Waals surface area contributed by atoms with Crippen LogP contribution in [0.3, 0.4) is 0 Å². The summed E-state index contributed by atoms with van der Waals surface area (Å²) >= 11 is 0. The molecule has 0 radical (unpaired) electrons. The number of sulfonamides is 2. The summed E-state index contributed by atoms with van der Waals surface area (Å²) in [7, 11) is -7.23. The summed E-state index contributed by atoms with van der Waals surface area (Å²) in [5.74, 6) is -0.506. The second-order valence-electron chi connectivity index (χ2n) is 5.91. The summed E-state index contributed by atoms with van der Waals surface area (Å²) < 4.78 is 65.1. The van der Waals surface area contributed by atoms with Crippen LogP contribution in [-0.2, 0) is 20.0 Å². The molecule has 2 aromatic carbocycles. The van der Waals surface area contributed by atoms with Crippen molar-refractivity contribution in [3.63, 3.8) is 0 Å². The highest BCUT2D eigenvalue weighted by Gasteiger charge is 2.38. The highest BCUT2D eigenvalue weighted by molar-refractivity contribution is 7.93. The van der Waals surface area contributed by atoms with Crippen LogP contribution < -0.4 is 9.03 Å². The zero-order valence-electron chi connectivity index (χ0n) is 13.4. The van der Waals surface area contributed by atoms with Crippen molar-refractivity contribution < 1.29 is 21.2 Å². The maximum absolute atomic E-state index is 13.1. The standard InChI is InChI=1S/C16H17FN2O4S2/c1-24(20,21)18-13-4-6-14(7-5-13)19(15-8-9-15)25(22,23)16-10-2-12(17)3-11-16/h2-7,10-11,15,18H,8-9H2,1H3. The van der Waals surface area contributed by atoms with E-state index in [0.29, 0.717) is 11.4 Å². The van der Waals surface area contributed by atoms with Gasteiger partial charge in [0.1, 0.15) is 5.82 Å². The highest BCUT2D eigenvalue weighted by Crippen LogP contribution is 2.37. The molecule has 6 nitrogen and oxygen atoms in total. The summed E-state index contributed by atoms with van der Waals surface area (Å²) in [6.45, 7) is 0. The molecule has 0 aromatic heterocycles. The van der Waals surface area contributed by atoms with Gasteiger partial charge in [0.25, 0.3) is 10.0 Å². The Bertz CT molecular complexity index is 968. The number of anilines is 2. The van der Waals surface area contributed by atoms with Gasteiger partial charge in [-0.3, -0.25) is 9.03 Å². The fraction of sp³-hybridized carbons (Fsp3) is 0.250. The Kier molecular flexibility index (Phi) is 4.46. The van der Waals surface area contributed by atoms with Crippen molar-refractivity contribution in [2.75, 3.05) is 15.3 Å². The third kappa shape index (κ3) is 4.10. The van der Waals surface area contributed by atoms with Crippen molar-refractivity contribution in [2.45, 2.75) is 23.8 Å². The molecule has 2 aromatic rings. The van der Waals surface area contributed by atoms with Gasteiger partial charge in [-0.05, 0) is 61.4 Å². The minimum absolute atomic E-state index is 0.0131. The number of hydrogen-bond donors (Lipinski definition) is 1. The van der Waals surface area contributed by atoms with Gasteiger partial charge in [-0.25, -0.2) is 21.2 Å². The average molecular weight is 384 g/mol. The van der Waals surface area contributed by atoms with E-state index in [0.717, 1.165) is 31.2 Å². The number of halogens is 1. The first kappa shape index (κ1) is 17.7. The third-order valence-electron chi connectivity index (χ3n) is 3.67. The van der Waals surface area contributed by atoms with E-state index in [1.807, 2.05) is 0 Å². The SMILES string of the molecule is CS(=O)(=O)Nc1ccc(N(C2CC2)S(=O)(=O)c2ccc(F)cc2)cc1. The predicted molar refractivity (Wildman–Crippen MR) is 94.0 cm³/mol. The lowest BCUT2D eigenvalue weighted by Gasteiger charge is -2.24. The van der Waals surface area contributed by atoms with Crippen LogP contribution in [0, 0.1) is 5.82 Å². The van der Waals surface area contributed by atoms with Gasteiger partial charge in [-0.1, -0.05) is 0 Å². The van der Waals surface area contributed by atoms with Crippen molar-refractivity contribution >= 4 is 31.4 Å². The number of rotatable bonds is 6. The molecule has 1 saturated carbocycles. The molecule has 1 N–H and O–H groups in total. The molecule has 1 fully saturated rings. The molecule has 25 heavy (non-hydrogen) atoms. The lowest BCUT2D eigenvalue weighted by atomic mass is 10.3. The van der Waals surface area contributed by atoms with Crippen LogP contribution in [0.5, 0.6) is 0 Å². The maximum Gasteiger partial charge on any atom is 0.264 e. The van der Waals surface area contributed by atoms with Gasteiger partial charge < -0.3 is 0 Å². The molecule has 0 heterocycles. The van der Waals surface area contributed by atoms with Crippen molar-refractivity contribution in [3.8, 4) is 0 Å². The lowest BCUT2D eigenvalue weighted by molar-refractivity contribution is 0.589. The fourth-order valence-electron chi connectivity index (χ4n) is 2.47. The van der Waals surface area contributed by atoms with E-state index in [2.05, 4.69) is 4.72 Å². The van der Waals surface area contributed by atoms with Crippen LogP contribution in [-0.4, -0.2) is 29.1 Å². The largest absolute Gasteiger partial charge is 0.284 e. The molecule has 1 aliphatic carbocycles. The topological polar surface area (TPSA) is 83.6 Å². The summed E-state index contributed by atoms with van der Waals surface area (Å²) in [6.07, 6.45) is 2.52. The third-order valence-corrected chi connectivity index (χ3v) is 6.18. The van der Waals surface area contributed by atoms with Crippen LogP contribution in [0.25, 0.3) is 0 Å². The van der Waals surface area contributed by atoms with Crippen molar-refractivity contribution in [1.29, 1.82) is 0 Å². The smallest absolute Gasteiger partial charge is 0.264 e. The van der Waals surface area contributed by atoms with Gasteiger partial charge in [0.15, 0.2) is 0 Å². The molecule has 0 bridgehead atoms. The molecular formula is C16H17FN2O4S2. The van der Waals surface area contributed by atoms with Crippen molar-refractivity contribution in [1.82, 2.24) is 0 Å². The molecule has 3 rings (SSSR count). The number of nitrogens with zero attached hydrogens (tertiary/aromatic N) is 1. The first-order valence-electron chi connectivity index (χ1n) is 7.55. The van der Waals surface area contributed by atoms with E-state index in [1.54, 1.807) is 12.1 Å². The molecule has 9 heteroatoms. The molecule has 0 aliphatic heterocycles. The lowest BCUT2D eigenvalue weighted by Crippen LogP contribution is -2.33. The average Bonchev–Trinajstić information content (AvgIpc) is 3.33. The van der Waals surface area contributed by atoms with Crippen LogP contribution in [0.4, 0.5) is 15.8 Å². The monoisotopic (exact) mass is 384 g/mol. The van der Waals surface area contributed by atoms with Gasteiger partial charge in [-0.15, -0.1) is 0 Å². The van der Waals surface area contributed by atoms with Crippen LogP contribution in [0.2, 0.25) is 0 Å². The van der Waals surface area contributed by atoms with Crippen LogP contribution in [0.1, 0.15) is 12.8 Å².